The third-order valence-electron chi connectivity index (χ3n) is 2.75. The molecule has 5 heteroatoms. The van der Waals surface area contributed by atoms with Crippen LogP contribution in [-0.4, -0.2) is 24.0 Å². The van der Waals surface area contributed by atoms with E-state index >= 15 is 0 Å². The first-order chi connectivity index (χ1) is 8.88. The minimum absolute atomic E-state index is 0. The van der Waals surface area contributed by atoms with Crippen molar-refractivity contribution >= 4 is 17.7 Å². The van der Waals surface area contributed by atoms with Gasteiger partial charge in [0.2, 0.25) is 0 Å². The first kappa shape index (κ1) is 17.8. The molecular weight excluding hydrogens is 252 g/mol. The van der Waals surface area contributed by atoms with Crippen LogP contribution in [0.25, 0.3) is 11.5 Å². The zero-order valence-corrected chi connectivity index (χ0v) is 12.0. The maximum absolute atomic E-state index is 6.04. The summed E-state index contributed by atoms with van der Waals surface area (Å²) < 4.78 is 6.59. The Balaban J connectivity index is 0.00000361. The number of nitrogens with zero attached hydrogens (tertiary/aromatic N) is 2. The van der Waals surface area contributed by atoms with E-state index in [-0.39, 0.29) is 13.5 Å². The molecule has 0 amide bonds. The second-order valence-corrected chi connectivity index (χ2v) is 4.56. The summed E-state index contributed by atoms with van der Waals surface area (Å²) in [6.45, 7) is 9.75. The van der Waals surface area contributed by atoms with Gasteiger partial charge in [-0.3, -0.25) is 9.67 Å². The van der Waals surface area contributed by atoms with Crippen LogP contribution in [0.15, 0.2) is 23.8 Å². The van der Waals surface area contributed by atoms with E-state index in [2.05, 4.69) is 11.6 Å². The first-order valence-corrected chi connectivity index (χ1v) is 6.08. The van der Waals surface area contributed by atoms with Gasteiger partial charge in [-0.15, -0.1) is 0 Å². The molecule has 0 aliphatic rings. The lowest BCUT2D eigenvalue weighted by Crippen LogP contribution is -2.10. The summed E-state index contributed by atoms with van der Waals surface area (Å²) in [5.41, 5.74) is 9.16. The molecule has 0 fully saturated rings. The molecule has 0 radical (unpaired) electrons. The molecule has 0 spiro atoms. The van der Waals surface area contributed by atoms with Crippen molar-refractivity contribution < 1.29 is 4.74 Å². The van der Waals surface area contributed by atoms with Crippen LogP contribution in [0.2, 0.25) is 0 Å². The Labute approximate surface area is 121 Å². The number of nitrogen functional groups attached to an aromatic ring is 1. The molecule has 0 aliphatic carbocycles. The molecule has 0 atom stereocenters. The molecule has 1 aromatic heterocycles. The van der Waals surface area contributed by atoms with Crippen LogP contribution in [0.5, 0.6) is 0 Å². The van der Waals surface area contributed by atoms with Crippen LogP contribution < -0.4 is 11.6 Å². The van der Waals surface area contributed by atoms with Gasteiger partial charge in [0, 0.05) is 29.7 Å². The Morgan fingerprint density at radius 2 is 2.10 bits per heavy atom. The zero-order valence-electron chi connectivity index (χ0n) is 12.0. The molecular formula is C15H26N4O. The Hall–Kier alpha value is -2.17. The molecule has 0 aromatic carbocycles. The fourth-order valence-electron chi connectivity index (χ4n) is 1.75. The van der Waals surface area contributed by atoms with Crippen molar-refractivity contribution in [2.75, 3.05) is 13.0 Å². The maximum Gasteiger partial charge on any atom is 0.137 e. The molecule has 5 nitrogen and oxygen atoms in total. The number of ether oxygens (including phenoxy) is 1. The first-order valence-electron chi connectivity index (χ1n) is 6.08. The van der Waals surface area contributed by atoms with Gasteiger partial charge in [0.05, 0.1) is 7.11 Å². The van der Waals surface area contributed by atoms with Crippen LogP contribution in [0, 0.1) is 6.92 Å². The van der Waals surface area contributed by atoms with Crippen molar-refractivity contribution in [3.05, 3.63) is 35.7 Å². The molecule has 0 saturated carbocycles. The Kier molecular flexibility index (Phi) is 6.62. The van der Waals surface area contributed by atoms with Crippen LogP contribution in [-0.2, 0) is 4.74 Å². The molecule has 1 heterocycles. The van der Waals surface area contributed by atoms with Crippen molar-refractivity contribution in [1.82, 2.24) is 4.68 Å². The van der Waals surface area contributed by atoms with Crippen molar-refractivity contribution in [1.29, 1.82) is 0 Å². The van der Waals surface area contributed by atoms with Gasteiger partial charge in [0.25, 0.3) is 0 Å². The van der Waals surface area contributed by atoms with Crippen molar-refractivity contribution in [3.63, 3.8) is 0 Å². The summed E-state index contributed by atoms with van der Waals surface area (Å²) in [6, 6.07) is 0.244. The second-order valence-electron chi connectivity index (χ2n) is 4.56. The van der Waals surface area contributed by atoms with Crippen molar-refractivity contribution in [3.8, 4) is 0 Å². The number of allylic oxidation sites excluding steroid dienone is 1. The molecule has 112 valence electrons. The van der Waals surface area contributed by atoms with E-state index < -0.39 is 0 Å². The summed E-state index contributed by atoms with van der Waals surface area (Å²) >= 11 is 0. The highest BCUT2D eigenvalue weighted by atomic mass is 16.5. The minimum Gasteiger partial charge on any atom is -0.495 e. The average Bonchev–Trinajstić information content (AvgIpc) is 2.63. The maximum atomic E-state index is 6.04. The number of rotatable bonds is 5. The van der Waals surface area contributed by atoms with Crippen molar-refractivity contribution in [2.45, 2.75) is 34.2 Å². The fourth-order valence-corrected chi connectivity index (χ4v) is 1.75. The highest BCUT2D eigenvalue weighted by molar-refractivity contribution is 5.85. The van der Waals surface area contributed by atoms with E-state index in [9.17, 15) is 0 Å². The lowest BCUT2D eigenvalue weighted by Gasteiger charge is -2.06. The number of hydrogen-bond donors (Lipinski definition) is 2. The number of aromatic nitrogens is 1. The van der Waals surface area contributed by atoms with Gasteiger partial charge in [-0.2, -0.15) is 0 Å². The molecule has 0 unspecified atom stereocenters. The van der Waals surface area contributed by atoms with E-state index in [0.29, 0.717) is 11.5 Å². The van der Waals surface area contributed by atoms with Gasteiger partial charge in [0.15, 0.2) is 0 Å². The van der Waals surface area contributed by atoms with Gasteiger partial charge in [-0.25, -0.2) is 0 Å². The van der Waals surface area contributed by atoms with Crippen LogP contribution in [0.1, 0.15) is 38.1 Å². The lowest BCUT2D eigenvalue weighted by molar-refractivity contribution is 0.368. The largest absolute Gasteiger partial charge is 0.495 e. The summed E-state index contributed by atoms with van der Waals surface area (Å²) in [6.07, 6.45) is 5.23. The smallest absolute Gasteiger partial charge is 0.137 e. The van der Waals surface area contributed by atoms with E-state index in [1.807, 2.05) is 20.8 Å². The van der Waals surface area contributed by atoms with Gasteiger partial charge in [-0.05, 0) is 32.4 Å². The van der Waals surface area contributed by atoms with Crippen LogP contribution >= 0.6 is 0 Å². The monoisotopic (exact) mass is 278 g/mol. The van der Waals surface area contributed by atoms with Gasteiger partial charge >= 0.3 is 0 Å². The topological polar surface area (TPSA) is 78.6 Å². The zero-order chi connectivity index (χ0) is 14.6. The summed E-state index contributed by atoms with van der Waals surface area (Å²) in [4.78, 5) is 4.24. The number of nitrogens with two attached hydrogens (primary N) is 2. The predicted octanol–water partition coefficient (Wildman–Crippen LogP) is 2.54. The second kappa shape index (κ2) is 7.43. The Bertz CT molecular complexity index is 524. The van der Waals surface area contributed by atoms with E-state index in [4.69, 9.17) is 16.3 Å². The van der Waals surface area contributed by atoms with Gasteiger partial charge < -0.3 is 16.3 Å². The Morgan fingerprint density at radius 1 is 1.50 bits per heavy atom. The SMILES string of the molecule is C.C=C(OC)c1c(C)c(/C(N)=C/C=NC(C)C)cn1N. The van der Waals surface area contributed by atoms with E-state index in [1.54, 1.807) is 25.6 Å². The predicted molar refractivity (Wildman–Crippen MR) is 87.9 cm³/mol. The fraction of sp³-hybridized carbons (Fsp3) is 0.400. The summed E-state index contributed by atoms with van der Waals surface area (Å²) in [5, 5.41) is 0. The highest BCUT2D eigenvalue weighted by Gasteiger charge is 2.15. The third-order valence-corrected chi connectivity index (χ3v) is 2.75. The van der Waals surface area contributed by atoms with E-state index in [1.165, 1.54) is 4.68 Å². The van der Waals surface area contributed by atoms with Gasteiger partial charge in [-0.1, -0.05) is 14.0 Å². The standard InChI is InChI=1S/C14H22N4O.CH4/c1-9(2)17-7-6-13(15)12-8-18(16)14(10(12)3)11(4)19-5;/h6-9H,4,15-16H2,1-3,5H3;1H4/b13-6-,17-7?;. The molecule has 1 aromatic rings. The van der Waals surface area contributed by atoms with Crippen LogP contribution in [0.3, 0.4) is 0 Å². The molecule has 1 rings (SSSR count). The number of hydrogen-bond acceptors (Lipinski definition) is 4. The number of aliphatic imine (C=N–C) groups is 1. The number of methoxy groups -OCH3 is 1. The molecule has 0 aliphatic heterocycles. The van der Waals surface area contributed by atoms with E-state index in [0.717, 1.165) is 16.8 Å². The Morgan fingerprint density at radius 3 is 2.60 bits per heavy atom. The molecule has 0 bridgehead atoms. The summed E-state index contributed by atoms with van der Waals surface area (Å²) in [7, 11) is 1.56. The lowest BCUT2D eigenvalue weighted by atomic mass is 10.1. The quantitative estimate of drug-likeness (QED) is 0.493. The third kappa shape index (κ3) is 3.91. The molecule has 0 saturated heterocycles. The van der Waals surface area contributed by atoms with Crippen molar-refractivity contribution in [2.24, 2.45) is 10.7 Å². The molecule has 4 N–H and O–H groups in total. The average molecular weight is 278 g/mol. The minimum atomic E-state index is 0. The molecule has 20 heavy (non-hydrogen) atoms. The highest BCUT2D eigenvalue weighted by Crippen LogP contribution is 2.24. The summed E-state index contributed by atoms with van der Waals surface area (Å²) in [5.74, 6) is 6.40. The normalized spacial score (nSPS) is 11.8. The van der Waals surface area contributed by atoms with Crippen LogP contribution in [0.4, 0.5) is 0 Å². The van der Waals surface area contributed by atoms with Gasteiger partial charge in [0.1, 0.15) is 11.5 Å².